The Hall–Kier alpha value is -1.51. The van der Waals surface area contributed by atoms with Crippen molar-refractivity contribution >= 4 is 16.7 Å². The summed E-state index contributed by atoms with van der Waals surface area (Å²) in [6.45, 7) is 0. The number of H-pyrrole nitrogens is 1. The zero-order valence-electron chi connectivity index (χ0n) is 5.33. The summed E-state index contributed by atoms with van der Waals surface area (Å²) in [7, 11) is 0. The van der Waals surface area contributed by atoms with Gasteiger partial charge in [-0.05, 0) is 12.1 Å². The largest absolute Gasteiger partial charge is 0.397 e. The second-order valence-corrected chi connectivity index (χ2v) is 2.14. The third kappa shape index (κ3) is 0.572. The van der Waals surface area contributed by atoms with E-state index in [-0.39, 0.29) is 0 Å². The van der Waals surface area contributed by atoms with Crippen molar-refractivity contribution in [3.05, 3.63) is 24.5 Å². The van der Waals surface area contributed by atoms with Gasteiger partial charge >= 0.3 is 0 Å². The lowest BCUT2D eigenvalue weighted by atomic mass is 10.3. The van der Waals surface area contributed by atoms with Crippen molar-refractivity contribution in [3.63, 3.8) is 0 Å². The predicted molar refractivity (Wildman–Crippen MR) is 40.5 cm³/mol. The highest BCUT2D eigenvalue weighted by Crippen LogP contribution is 2.16. The lowest BCUT2D eigenvalue weighted by Crippen LogP contribution is -1.79. The first-order chi connectivity index (χ1) is 4.88. The molecule has 0 fully saturated rings. The molecular weight excluding hydrogens is 126 g/mol. The molecule has 0 saturated heterocycles. The normalized spacial score (nSPS) is 10.4. The van der Waals surface area contributed by atoms with Crippen LogP contribution >= 0.6 is 0 Å². The predicted octanol–water partition coefficient (Wildman–Crippen LogP) is 1.15. The number of fused-ring (bicyclic) bond motifs is 1. The third-order valence-electron chi connectivity index (χ3n) is 1.48. The zero-order valence-corrected chi connectivity index (χ0v) is 5.33. The van der Waals surface area contributed by atoms with Crippen molar-refractivity contribution in [2.75, 3.05) is 5.73 Å². The molecule has 0 amide bonds. The summed E-state index contributed by atoms with van der Waals surface area (Å²) in [5.41, 5.74) is 7.21. The van der Waals surface area contributed by atoms with Crippen molar-refractivity contribution in [2.45, 2.75) is 0 Å². The van der Waals surface area contributed by atoms with E-state index in [0.29, 0.717) is 0 Å². The van der Waals surface area contributed by atoms with Crippen LogP contribution in [0.5, 0.6) is 0 Å². The number of pyridine rings is 1. The number of hydrogen-bond acceptors (Lipinski definition) is 2. The number of rotatable bonds is 0. The molecule has 0 unspecified atom stereocenters. The summed E-state index contributed by atoms with van der Waals surface area (Å²) in [4.78, 5) is 7.02. The molecule has 0 saturated carbocycles. The fraction of sp³-hybridized carbons (Fsp3) is 0. The minimum absolute atomic E-state index is 0.753. The van der Waals surface area contributed by atoms with E-state index >= 15 is 0 Å². The van der Waals surface area contributed by atoms with Crippen molar-refractivity contribution in [3.8, 4) is 0 Å². The van der Waals surface area contributed by atoms with Gasteiger partial charge in [0.1, 0.15) is 5.65 Å². The summed E-state index contributed by atoms with van der Waals surface area (Å²) < 4.78 is 0. The Morgan fingerprint density at radius 1 is 1.50 bits per heavy atom. The Balaban J connectivity index is 2.93. The average molecular weight is 133 g/mol. The zero-order chi connectivity index (χ0) is 6.97. The van der Waals surface area contributed by atoms with E-state index in [1.807, 2.05) is 12.1 Å². The number of anilines is 1. The van der Waals surface area contributed by atoms with Gasteiger partial charge in [0, 0.05) is 17.8 Å². The highest BCUT2D eigenvalue weighted by molar-refractivity contribution is 5.88. The summed E-state index contributed by atoms with van der Waals surface area (Å²) in [6, 6.07) is 3.81. The fourth-order valence-corrected chi connectivity index (χ4v) is 0.977. The number of nitrogen functional groups attached to an aromatic ring is 1. The number of nitrogens with one attached hydrogen (secondary N) is 1. The summed E-state index contributed by atoms with van der Waals surface area (Å²) >= 11 is 0. The van der Waals surface area contributed by atoms with E-state index in [9.17, 15) is 0 Å². The molecule has 0 aliphatic heterocycles. The standard InChI is InChI=1S/C7H7N3/c8-6-4-10-7-5(6)2-1-3-9-7/h1-4H,8H2,(H,9,10). The number of hydrogen-bond donors (Lipinski definition) is 2. The monoisotopic (exact) mass is 133 g/mol. The maximum atomic E-state index is 5.60. The van der Waals surface area contributed by atoms with Crippen molar-refractivity contribution in [1.29, 1.82) is 0 Å². The van der Waals surface area contributed by atoms with Gasteiger partial charge in [-0.2, -0.15) is 0 Å². The quantitative estimate of drug-likeness (QED) is 0.566. The van der Waals surface area contributed by atoms with E-state index in [1.165, 1.54) is 0 Å². The SMILES string of the molecule is Nc1c[nH]c2ncccc12. The van der Waals surface area contributed by atoms with E-state index in [1.54, 1.807) is 12.4 Å². The number of nitrogens with two attached hydrogens (primary N) is 1. The van der Waals surface area contributed by atoms with Crippen LogP contribution in [-0.4, -0.2) is 9.97 Å². The minimum atomic E-state index is 0.753. The first-order valence-corrected chi connectivity index (χ1v) is 3.05. The summed E-state index contributed by atoms with van der Waals surface area (Å²) in [5, 5.41) is 0.988. The Morgan fingerprint density at radius 2 is 2.40 bits per heavy atom. The molecule has 0 spiro atoms. The van der Waals surface area contributed by atoms with Gasteiger partial charge in [-0.3, -0.25) is 0 Å². The van der Waals surface area contributed by atoms with Gasteiger partial charge in [-0.1, -0.05) is 0 Å². The third-order valence-corrected chi connectivity index (χ3v) is 1.48. The van der Waals surface area contributed by atoms with E-state index in [2.05, 4.69) is 9.97 Å². The Morgan fingerprint density at radius 3 is 3.20 bits per heavy atom. The van der Waals surface area contributed by atoms with Crippen LogP contribution in [0.3, 0.4) is 0 Å². The van der Waals surface area contributed by atoms with Gasteiger partial charge in [0.2, 0.25) is 0 Å². The lowest BCUT2D eigenvalue weighted by Gasteiger charge is -1.86. The van der Waals surface area contributed by atoms with Crippen LogP contribution in [-0.2, 0) is 0 Å². The number of aromatic nitrogens is 2. The summed E-state index contributed by atoms with van der Waals surface area (Å²) in [6.07, 6.45) is 3.48. The van der Waals surface area contributed by atoms with Crippen LogP contribution in [0, 0.1) is 0 Å². The molecule has 0 aromatic carbocycles. The van der Waals surface area contributed by atoms with Gasteiger partial charge in [-0.15, -0.1) is 0 Å². The second kappa shape index (κ2) is 1.73. The van der Waals surface area contributed by atoms with Gasteiger partial charge < -0.3 is 10.7 Å². The average Bonchev–Trinajstić information content (AvgIpc) is 2.34. The highest BCUT2D eigenvalue weighted by Gasteiger charge is 1.96. The van der Waals surface area contributed by atoms with Crippen molar-refractivity contribution in [2.24, 2.45) is 0 Å². The van der Waals surface area contributed by atoms with Crippen LogP contribution in [0.25, 0.3) is 11.0 Å². The Bertz CT molecular complexity index is 350. The topological polar surface area (TPSA) is 54.7 Å². The lowest BCUT2D eigenvalue weighted by molar-refractivity contribution is 1.33. The molecule has 0 bridgehead atoms. The molecular formula is C7H7N3. The molecule has 10 heavy (non-hydrogen) atoms. The van der Waals surface area contributed by atoms with Crippen molar-refractivity contribution in [1.82, 2.24) is 9.97 Å². The first-order valence-electron chi connectivity index (χ1n) is 3.05. The number of aromatic amines is 1. The molecule has 2 aromatic rings. The minimum Gasteiger partial charge on any atom is -0.397 e. The van der Waals surface area contributed by atoms with Crippen LogP contribution < -0.4 is 5.73 Å². The molecule has 0 aliphatic carbocycles. The van der Waals surface area contributed by atoms with E-state index in [0.717, 1.165) is 16.7 Å². The molecule has 0 radical (unpaired) electrons. The molecule has 0 atom stereocenters. The molecule has 3 N–H and O–H groups in total. The highest BCUT2D eigenvalue weighted by atomic mass is 14.9. The number of nitrogens with zero attached hydrogens (tertiary/aromatic N) is 1. The van der Waals surface area contributed by atoms with E-state index in [4.69, 9.17) is 5.73 Å². The van der Waals surface area contributed by atoms with Gasteiger partial charge in [0.25, 0.3) is 0 Å². The molecule has 3 heteroatoms. The summed E-state index contributed by atoms with van der Waals surface area (Å²) in [5.74, 6) is 0. The molecule has 2 heterocycles. The molecule has 3 nitrogen and oxygen atoms in total. The molecule has 50 valence electrons. The fourth-order valence-electron chi connectivity index (χ4n) is 0.977. The Labute approximate surface area is 57.9 Å². The van der Waals surface area contributed by atoms with Crippen LogP contribution in [0.2, 0.25) is 0 Å². The van der Waals surface area contributed by atoms with Crippen LogP contribution in [0.15, 0.2) is 24.5 Å². The Kier molecular flexibility index (Phi) is 0.917. The maximum absolute atomic E-state index is 5.60. The van der Waals surface area contributed by atoms with Crippen LogP contribution in [0.4, 0.5) is 5.69 Å². The molecule has 2 aromatic heterocycles. The second-order valence-electron chi connectivity index (χ2n) is 2.14. The van der Waals surface area contributed by atoms with Gasteiger partial charge in [0.15, 0.2) is 0 Å². The molecule has 0 aliphatic rings. The van der Waals surface area contributed by atoms with Gasteiger partial charge in [0.05, 0.1) is 5.69 Å². The van der Waals surface area contributed by atoms with Gasteiger partial charge in [-0.25, -0.2) is 4.98 Å². The van der Waals surface area contributed by atoms with E-state index < -0.39 is 0 Å². The van der Waals surface area contributed by atoms with Crippen LogP contribution in [0.1, 0.15) is 0 Å². The van der Waals surface area contributed by atoms with Crippen molar-refractivity contribution < 1.29 is 0 Å². The molecule has 2 rings (SSSR count). The first kappa shape index (κ1) is 5.29. The smallest absolute Gasteiger partial charge is 0.139 e. The maximum Gasteiger partial charge on any atom is 0.139 e.